The molecule has 1 atom stereocenters. The summed E-state index contributed by atoms with van der Waals surface area (Å²) in [6, 6.07) is 2.92. The van der Waals surface area contributed by atoms with E-state index < -0.39 is 35.0 Å². The maximum absolute atomic E-state index is 15.1. The minimum Gasteiger partial charge on any atom is -0.490 e. The Hall–Kier alpha value is -3.20. The van der Waals surface area contributed by atoms with Crippen molar-refractivity contribution in [1.82, 2.24) is 24.5 Å². The number of fused-ring (bicyclic) bond motifs is 1. The lowest BCUT2D eigenvalue weighted by molar-refractivity contribution is -0.137. The lowest BCUT2D eigenvalue weighted by Crippen LogP contribution is -2.50. The number of carbonyl (C=O) groups excluding carboxylic acids is 1. The van der Waals surface area contributed by atoms with Gasteiger partial charge in [-0.3, -0.25) is 4.90 Å². The van der Waals surface area contributed by atoms with Gasteiger partial charge in [0.2, 0.25) is 0 Å². The fraction of sp³-hybridized carbons (Fsp3) is 0.429. The molecule has 0 aliphatic carbocycles. The normalized spacial score (nSPS) is 17.0. The number of halogens is 6. The summed E-state index contributed by atoms with van der Waals surface area (Å²) in [5.41, 5.74) is -1.92. The number of pyridine rings is 1. The minimum atomic E-state index is -4.59. The van der Waals surface area contributed by atoms with Gasteiger partial charge >= 0.3 is 12.3 Å². The van der Waals surface area contributed by atoms with E-state index in [1.165, 1.54) is 17.2 Å². The average molecular weight is 677 g/mol. The molecule has 44 heavy (non-hydrogen) atoms. The van der Waals surface area contributed by atoms with Gasteiger partial charge < -0.3 is 18.6 Å². The maximum Gasteiger partial charge on any atom is 0.417 e. The Kier molecular flexibility index (Phi) is 8.51. The van der Waals surface area contributed by atoms with Crippen LogP contribution >= 0.6 is 34.5 Å². The van der Waals surface area contributed by atoms with E-state index in [1.807, 2.05) is 0 Å². The summed E-state index contributed by atoms with van der Waals surface area (Å²) in [4.78, 5) is 18.6. The van der Waals surface area contributed by atoms with Gasteiger partial charge in [0.1, 0.15) is 22.0 Å². The molecule has 9 nitrogen and oxygen atoms in total. The highest BCUT2D eigenvalue weighted by Gasteiger charge is 2.45. The molecule has 1 amide bonds. The van der Waals surface area contributed by atoms with Crippen LogP contribution in [0.15, 0.2) is 30.6 Å². The highest BCUT2D eigenvalue weighted by molar-refractivity contribution is 7.18. The molecule has 5 rings (SSSR count). The van der Waals surface area contributed by atoms with E-state index in [4.69, 9.17) is 37.4 Å². The van der Waals surface area contributed by atoms with Gasteiger partial charge in [-0.15, -0.1) is 10.2 Å². The van der Waals surface area contributed by atoms with E-state index in [0.29, 0.717) is 6.42 Å². The number of ether oxygens (including phenoxy) is 3. The topological polar surface area (TPSA) is 91.1 Å². The van der Waals surface area contributed by atoms with Crippen molar-refractivity contribution < 1.29 is 36.6 Å². The van der Waals surface area contributed by atoms with Crippen molar-refractivity contribution in [3.05, 3.63) is 52.0 Å². The van der Waals surface area contributed by atoms with Crippen molar-refractivity contribution in [2.45, 2.75) is 64.6 Å². The summed E-state index contributed by atoms with van der Waals surface area (Å²) in [7, 11) is 0. The third-order valence-corrected chi connectivity index (χ3v) is 8.17. The van der Waals surface area contributed by atoms with E-state index in [1.54, 1.807) is 34.6 Å². The number of imidazole rings is 1. The molecule has 1 aromatic carbocycles. The maximum atomic E-state index is 15.1. The molecule has 236 valence electrons. The number of nitrogens with zero attached hydrogens (tertiary/aromatic N) is 5. The van der Waals surface area contributed by atoms with Crippen LogP contribution in [0, 0.1) is 5.82 Å². The van der Waals surface area contributed by atoms with E-state index in [9.17, 15) is 18.0 Å². The van der Waals surface area contributed by atoms with Gasteiger partial charge in [-0.25, -0.2) is 14.2 Å². The number of hydrogen-bond acceptors (Lipinski definition) is 8. The SMILES string of the molecule is CC(C)(C)OC(=O)N1[C@H](CCOc2cc(Cl)c(-c3nnc(-c4cn5cc(C(F)(F)F)cc(Cl)c5n4)s3)cc2F)COC1(C)C. The lowest BCUT2D eigenvalue weighted by Gasteiger charge is -2.35. The molecule has 0 N–H and O–H groups in total. The van der Waals surface area contributed by atoms with Gasteiger partial charge in [0.05, 0.1) is 34.9 Å². The molecule has 0 spiro atoms. The number of alkyl halides is 3. The number of aromatic nitrogens is 4. The van der Waals surface area contributed by atoms with Gasteiger partial charge in [-0.05, 0) is 46.8 Å². The van der Waals surface area contributed by atoms with Crippen molar-refractivity contribution in [3.63, 3.8) is 0 Å². The summed E-state index contributed by atoms with van der Waals surface area (Å²) in [6.45, 7) is 9.18. The molecule has 1 saturated heterocycles. The molecule has 4 heterocycles. The molecule has 1 aliphatic heterocycles. The third-order valence-electron chi connectivity index (χ3n) is 6.60. The van der Waals surface area contributed by atoms with E-state index in [-0.39, 0.29) is 62.0 Å². The smallest absolute Gasteiger partial charge is 0.417 e. The van der Waals surface area contributed by atoms with Gasteiger partial charge in [-0.1, -0.05) is 34.5 Å². The number of rotatable bonds is 6. The fourth-order valence-corrected chi connectivity index (χ4v) is 6.02. The first-order valence-electron chi connectivity index (χ1n) is 13.3. The van der Waals surface area contributed by atoms with Gasteiger partial charge in [-0.2, -0.15) is 13.2 Å². The summed E-state index contributed by atoms with van der Waals surface area (Å²) in [6.07, 6.45) is -2.54. The van der Waals surface area contributed by atoms with Crippen LogP contribution in [0.1, 0.15) is 46.6 Å². The van der Waals surface area contributed by atoms with E-state index in [2.05, 4.69) is 15.2 Å². The van der Waals surface area contributed by atoms with Crippen molar-refractivity contribution in [3.8, 4) is 27.0 Å². The highest BCUT2D eigenvalue weighted by Crippen LogP contribution is 2.38. The molecular formula is C28H27Cl2F4N5O4S. The average Bonchev–Trinajstić information content (AvgIpc) is 3.61. The largest absolute Gasteiger partial charge is 0.490 e. The number of hydrogen-bond donors (Lipinski definition) is 0. The van der Waals surface area contributed by atoms with Gasteiger partial charge in [0.25, 0.3) is 0 Å². The first-order chi connectivity index (χ1) is 20.4. The molecule has 1 aliphatic rings. The Morgan fingerprint density at radius 2 is 1.82 bits per heavy atom. The summed E-state index contributed by atoms with van der Waals surface area (Å²) in [5.74, 6) is -0.798. The third kappa shape index (κ3) is 6.72. The molecule has 3 aromatic heterocycles. The van der Waals surface area contributed by atoms with Crippen LogP contribution in [0.4, 0.5) is 22.4 Å². The zero-order chi connectivity index (χ0) is 32.2. The van der Waals surface area contributed by atoms with Crippen molar-refractivity contribution >= 4 is 46.3 Å². The number of benzene rings is 1. The van der Waals surface area contributed by atoms with Gasteiger partial charge in [0.15, 0.2) is 22.2 Å². The fourth-order valence-electron chi connectivity index (χ4n) is 4.63. The Morgan fingerprint density at radius 1 is 1.11 bits per heavy atom. The Balaban J connectivity index is 1.29. The standard InChI is InChI=1S/C28H27Cl2F4N5O4S/c1-26(2,3)43-25(40)39-15(13-42-27(39,4)5)6-7-41-21-10-17(29)16(9-19(21)31)23-36-37-24(44-23)20-12-38-11-14(28(32,33)34)8-18(30)22(38)35-20/h8-12,15H,6-7,13H2,1-5H3/t15-/m1/s1. The predicted octanol–water partition coefficient (Wildman–Crippen LogP) is 8.13. The summed E-state index contributed by atoms with van der Waals surface area (Å²) >= 11 is 13.5. The molecular weight excluding hydrogens is 649 g/mol. The van der Waals surface area contributed by atoms with Crippen molar-refractivity contribution in [1.29, 1.82) is 0 Å². The molecule has 16 heteroatoms. The zero-order valence-corrected chi connectivity index (χ0v) is 26.5. The van der Waals surface area contributed by atoms with Crippen LogP contribution in [-0.2, 0) is 15.7 Å². The predicted molar refractivity (Wildman–Crippen MR) is 157 cm³/mol. The second kappa shape index (κ2) is 11.6. The monoisotopic (exact) mass is 675 g/mol. The highest BCUT2D eigenvalue weighted by atomic mass is 35.5. The second-order valence-corrected chi connectivity index (χ2v) is 13.3. The first-order valence-corrected chi connectivity index (χ1v) is 14.9. The van der Waals surface area contributed by atoms with E-state index >= 15 is 4.39 Å². The van der Waals surface area contributed by atoms with Crippen LogP contribution in [0.25, 0.3) is 26.9 Å². The summed E-state index contributed by atoms with van der Waals surface area (Å²) in [5, 5.41) is 8.61. The van der Waals surface area contributed by atoms with Crippen molar-refractivity contribution in [2.24, 2.45) is 0 Å². The number of amides is 1. The Bertz CT molecular complexity index is 1720. The Morgan fingerprint density at radius 3 is 2.50 bits per heavy atom. The van der Waals surface area contributed by atoms with Crippen LogP contribution in [0.5, 0.6) is 5.75 Å². The molecule has 0 bridgehead atoms. The summed E-state index contributed by atoms with van der Waals surface area (Å²) < 4.78 is 72.9. The van der Waals surface area contributed by atoms with Crippen LogP contribution < -0.4 is 4.74 Å². The molecule has 1 fully saturated rings. The molecule has 0 radical (unpaired) electrons. The molecule has 4 aromatic rings. The molecule has 0 unspecified atom stereocenters. The quantitative estimate of drug-likeness (QED) is 0.191. The lowest BCUT2D eigenvalue weighted by atomic mass is 10.1. The van der Waals surface area contributed by atoms with Crippen molar-refractivity contribution in [2.75, 3.05) is 13.2 Å². The minimum absolute atomic E-state index is 0.0610. The Labute approximate surface area is 263 Å². The van der Waals surface area contributed by atoms with Gasteiger partial charge in [0, 0.05) is 30.4 Å². The van der Waals surface area contributed by atoms with Crippen LogP contribution in [0.3, 0.4) is 0 Å². The van der Waals surface area contributed by atoms with Crippen LogP contribution in [-0.4, -0.2) is 61.2 Å². The molecule has 0 saturated carbocycles. The first kappa shape index (κ1) is 32.2. The van der Waals surface area contributed by atoms with E-state index in [0.717, 1.165) is 34.1 Å². The number of carbonyl (C=O) groups is 1. The van der Waals surface area contributed by atoms with Crippen LogP contribution in [0.2, 0.25) is 10.0 Å². The zero-order valence-electron chi connectivity index (χ0n) is 24.1. The second-order valence-electron chi connectivity index (χ2n) is 11.5.